The van der Waals surface area contributed by atoms with E-state index in [-0.39, 0.29) is 11.8 Å². The minimum absolute atomic E-state index is 0.0946. The molecular formula is C21H21NO4. The fraction of sp³-hybridized carbons (Fsp3) is 0.333. The maximum atomic E-state index is 12.8. The number of aliphatic carboxylic acids is 1. The molecule has 5 heteroatoms. The molecule has 0 unspecified atom stereocenters. The van der Waals surface area contributed by atoms with Gasteiger partial charge in [0, 0.05) is 18.7 Å². The third kappa shape index (κ3) is 3.43. The molecule has 4 rings (SSSR count). The lowest BCUT2D eigenvalue weighted by molar-refractivity contribution is -0.142. The highest BCUT2D eigenvalue weighted by Gasteiger charge is 2.46. The van der Waals surface area contributed by atoms with Crippen LogP contribution in [0.1, 0.15) is 23.2 Å². The predicted octanol–water partition coefficient (Wildman–Crippen LogP) is 3.66. The summed E-state index contributed by atoms with van der Waals surface area (Å²) < 4.78 is 5.74. The van der Waals surface area contributed by atoms with Gasteiger partial charge in [-0.1, -0.05) is 18.2 Å². The molecule has 1 heterocycles. The smallest absolute Gasteiger partial charge is 0.308 e. The van der Waals surface area contributed by atoms with Crippen LogP contribution in [0.5, 0.6) is 11.5 Å². The van der Waals surface area contributed by atoms with Gasteiger partial charge in [-0.05, 0) is 61.1 Å². The Morgan fingerprint density at radius 2 is 1.58 bits per heavy atom. The van der Waals surface area contributed by atoms with Crippen molar-refractivity contribution in [3.63, 3.8) is 0 Å². The number of para-hydroxylation sites is 1. The topological polar surface area (TPSA) is 66.8 Å². The Kier molecular flexibility index (Phi) is 4.37. The molecule has 1 aliphatic carbocycles. The van der Waals surface area contributed by atoms with Gasteiger partial charge in [-0.2, -0.15) is 0 Å². The summed E-state index contributed by atoms with van der Waals surface area (Å²) in [5.74, 6) is 0.630. The molecule has 26 heavy (non-hydrogen) atoms. The zero-order valence-electron chi connectivity index (χ0n) is 14.4. The summed E-state index contributed by atoms with van der Waals surface area (Å²) in [4.78, 5) is 26.0. The van der Waals surface area contributed by atoms with Crippen LogP contribution < -0.4 is 4.74 Å². The Bertz CT molecular complexity index is 799. The number of ether oxygens (including phenoxy) is 1. The standard InChI is InChI=1S/C21H21NO4/c23-20(22-12-18(14-6-7-14)19(13-22)21(24)25)15-8-10-17(11-9-15)26-16-4-2-1-3-5-16/h1-5,8-11,14,18-19H,6-7,12-13H2,(H,24,25)/t18-,19+/m1/s1. The van der Waals surface area contributed by atoms with Crippen molar-refractivity contribution in [3.05, 3.63) is 60.2 Å². The second-order valence-corrected chi connectivity index (χ2v) is 7.10. The molecular weight excluding hydrogens is 330 g/mol. The van der Waals surface area contributed by atoms with Crippen molar-refractivity contribution >= 4 is 11.9 Å². The minimum atomic E-state index is -0.788. The molecule has 134 valence electrons. The highest BCUT2D eigenvalue weighted by Crippen LogP contribution is 2.44. The molecule has 1 aliphatic heterocycles. The molecule has 2 aliphatic rings. The van der Waals surface area contributed by atoms with Gasteiger partial charge in [-0.15, -0.1) is 0 Å². The van der Waals surface area contributed by atoms with Gasteiger partial charge in [0.15, 0.2) is 0 Å². The summed E-state index contributed by atoms with van der Waals surface area (Å²) in [6, 6.07) is 16.5. The number of rotatable bonds is 5. The van der Waals surface area contributed by atoms with E-state index in [0.29, 0.717) is 30.3 Å². The zero-order valence-corrected chi connectivity index (χ0v) is 14.4. The molecule has 1 N–H and O–H groups in total. The van der Waals surface area contributed by atoms with Crippen LogP contribution >= 0.6 is 0 Å². The number of carboxylic acid groups (broad SMARTS) is 1. The average molecular weight is 351 g/mol. The number of hydrogen-bond acceptors (Lipinski definition) is 3. The van der Waals surface area contributed by atoms with Crippen LogP contribution in [0, 0.1) is 17.8 Å². The van der Waals surface area contributed by atoms with Crippen LogP contribution in [-0.4, -0.2) is 35.0 Å². The van der Waals surface area contributed by atoms with E-state index in [4.69, 9.17) is 4.74 Å². The lowest BCUT2D eigenvalue weighted by atomic mass is 9.92. The van der Waals surface area contributed by atoms with Crippen molar-refractivity contribution in [3.8, 4) is 11.5 Å². The van der Waals surface area contributed by atoms with Crippen molar-refractivity contribution in [2.45, 2.75) is 12.8 Å². The molecule has 1 amide bonds. The molecule has 2 aromatic carbocycles. The van der Waals surface area contributed by atoms with E-state index in [1.807, 2.05) is 30.3 Å². The number of amides is 1. The lowest BCUT2D eigenvalue weighted by Gasteiger charge is -2.16. The molecule has 1 saturated heterocycles. The highest BCUT2D eigenvalue weighted by atomic mass is 16.5. The first-order chi connectivity index (χ1) is 12.6. The Labute approximate surface area is 152 Å². The average Bonchev–Trinajstić information content (AvgIpc) is 3.40. The maximum Gasteiger partial charge on any atom is 0.308 e. The predicted molar refractivity (Wildman–Crippen MR) is 96.2 cm³/mol. The Morgan fingerprint density at radius 1 is 0.923 bits per heavy atom. The number of likely N-dealkylation sites (tertiary alicyclic amines) is 1. The van der Waals surface area contributed by atoms with E-state index in [1.54, 1.807) is 29.2 Å². The van der Waals surface area contributed by atoms with E-state index < -0.39 is 11.9 Å². The second kappa shape index (κ2) is 6.83. The lowest BCUT2D eigenvalue weighted by Crippen LogP contribution is -2.29. The second-order valence-electron chi connectivity index (χ2n) is 7.10. The van der Waals surface area contributed by atoms with Gasteiger partial charge in [-0.25, -0.2) is 0 Å². The Hall–Kier alpha value is -2.82. The molecule has 2 aromatic rings. The third-order valence-electron chi connectivity index (χ3n) is 5.28. The van der Waals surface area contributed by atoms with E-state index in [2.05, 4.69) is 0 Å². The highest BCUT2D eigenvalue weighted by molar-refractivity contribution is 5.95. The molecule has 1 saturated carbocycles. The van der Waals surface area contributed by atoms with Crippen molar-refractivity contribution in [2.75, 3.05) is 13.1 Å². The zero-order chi connectivity index (χ0) is 18.1. The minimum Gasteiger partial charge on any atom is -0.481 e. The van der Waals surface area contributed by atoms with E-state index in [0.717, 1.165) is 18.6 Å². The van der Waals surface area contributed by atoms with Gasteiger partial charge in [0.2, 0.25) is 0 Å². The van der Waals surface area contributed by atoms with Crippen LogP contribution in [-0.2, 0) is 4.79 Å². The van der Waals surface area contributed by atoms with Crippen LogP contribution in [0.2, 0.25) is 0 Å². The summed E-state index contributed by atoms with van der Waals surface area (Å²) in [6.45, 7) is 0.848. The number of carbonyl (C=O) groups excluding carboxylic acids is 1. The van der Waals surface area contributed by atoms with E-state index >= 15 is 0 Å². The summed E-state index contributed by atoms with van der Waals surface area (Å²) in [5.41, 5.74) is 0.561. The number of carbonyl (C=O) groups is 2. The van der Waals surface area contributed by atoms with Gasteiger partial charge in [0.05, 0.1) is 5.92 Å². The summed E-state index contributed by atoms with van der Waals surface area (Å²) in [7, 11) is 0. The largest absolute Gasteiger partial charge is 0.481 e. The Balaban J connectivity index is 1.44. The first-order valence-electron chi connectivity index (χ1n) is 8.97. The number of hydrogen-bond donors (Lipinski definition) is 1. The summed E-state index contributed by atoms with van der Waals surface area (Å²) in [5, 5.41) is 9.45. The van der Waals surface area contributed by atoms with Crippen molar-refractivity contribution in [1.29, 1.82) is 0 Å². The summed E-state index contributed by atoms with van der Waals surface area (Å²) in [6.07, 6.45) is 2.17. The molecule has 2 fully saturated rings. The normalized spacial score (nSPS) is 22.2. The molecule has 2 atom stereocenters. The Morgan fingerprint density at radius 3 is 2.19 bits per heavy atom. The fourth-order valence-electron chi connectivity index (χ4n) is 3.73. The first-order valence-corrected chi connectivity index (χ1v) is 8.97. The molecule has 0 bridgehead atoms. The van der Waals surface area contributed by atoms with E-state index in [9.17, 15) is 14.7 Å². The third-order valence-corrected chi connectivity index (χ3v) is 5.28. The van der Waals surface area contributed by atoms with E-state index in [1.165, 1.54) is 0 Å². The number of nitrogens with zero attached hydrogens (tertiary/aromatic N) is 1. The number of carboxylic acids is 1. The maximum absolute atomic E-state index is 12.8. The van der Waals surface area contributed by atoms with Gasteiger partial charge < -0.3 is 14.7 Å². The van der Waals surface area contributed by atoms with Gasteiger partial charge in [0.1, 0.15) is 11.5 Å². The molecule has 0 aromatic heterocycles. The summed E-state index contributed by atoms with van der Waals surface area (Å²) >= 11 is 0. The van der Waals surface area contributed by atoms with Crippen LogP contribution in [0.25, 0.3) is 0 Å². The first kappa shape index (κ1) is 16.6. The van der Waals surface area contributed by atoms with Gasteiger partial charge >= 0.3 is 5.97 Å². The number of benzene rings is 2. The van der Waals surface area contributed by atoms with Crippen LogP contribution in [0.3, 0.4) is 0 Å². The SMILES string of the molecule is O=C(O)[C@H]1CN(C(=O)c2ccc(Oc3ccccc3)cc2)C[C@@H]1C1CC1. The van der Waals surface area contributed by atoms with Crippen molar-refractivity contribution in [1.82, 2.24) is 4.90 Å². The van der Waals surface area contributed by atoms with Crippen molar-refractivity contribution in [2.24, 2.45) is 17.8 Å². The fourth-order valence-corrected chi connectivity index (χ4v) is 3.73. The molecule has 5 nitrogen and oxygen atoms in total. The monoisotopic (exact) mass is 351 g/mol. The molecule has 0 spiro atoms. The van der Waals surface area contributed by atoms with Gasteiger partial charge in [0.25, 0.3) is 5.91 Å². The van der Waals surface area contributed by atoms with Crippen LogP contribution in [0.4, 0.5) is 0 Å². The molecule has 0 radical (unpaired) electrons. The quantitative estimate of drug-likeness (QED) is 0.893. The van der Waals surface area contributed by atoms with Gasteiger partial charge in [-0.3, -0.25) is 9.59 Å². The van der Waals surface area contributed by atoms with Crippen LogP contribution in [0.15, 0.2) is 54.6 Å². The van der Waals surface area contributed by atoms with Crippen molar-refractivity contribution < 1.29 is 19.4 Å².